The number of aliphatic hydroxyl groups excluding tert-OH is 5. The molecule has 41 heavy (non-hydrogen) atoms. The summed E-state index contributed by atoms with van der Waals surface area (Å²) in [7, 11) is 0. The van der Waals surface area contributed by atoms with Gasteiger partial charge in [0, 0.05) is 19.1 Å². The Balaban J connectivity index is 1.76. The lowest BCUT2D eigenvalue weighted by molar-refractivity contribution is -0.314. The molecule has 3 fully saturated rings. The molecular formula is C24H49N7O10. The molecule has 17 heteroatoms. The van der Waals surface area contributed by atoms with E-state index in [0.717, 1.165) is 13.0 Å². The monoisotopic (exact) mass is 595 g/mol. The maximum absolute atomic E-state index is 12.5. The smallest absolute Gasteiger partial charge is 0.250 e. The van der Waals surface area contributed by atoms with Crippen molar-refractivity contribution in [3.05, 3.63) is 0 Å². The van der Waals surface area contributed by atoms with Crippen molar-refractivity contribution in [2.75, 3.05) is 32.8 Å². The van der Waals surface area contributed by atoms with Gasteiger partial charge in [0.15, 0.2) is 12.6 Å². The number of nitrogens with one attached hydrogen (secondary N) is 2. The first-order chi connectivity index (χ1) is 19.5. The highest BCUT2D eigenvalue weighted by Gasteiger charge is 2.51. The Hall–Kier alpha value is -1.13. The molecule has 1 amide bonds. The van der Waals surface area contributed by atoms with Crippen LogP contribution in [0.3, 0.4) is 0 Å². The van der Waals surface area contributed by atoms with Crippen molar-refractivity contribution < 1.29 is 49.3 Å². The van der Waals surface area contributed by atoms with Crippen LogP contribution in [0.25, 0.3) is 0 Å². The lowest BCUT2D eigenvalue weighted by Crippen LogP contribution is -2.69. The summed E-state index contributed by atoms with van der Waals surface area (Å²) in [5.74, 6) is -0.821. The normalized spacial score (nSPS) is 42.5. The van der Waals surface area contributed by atoms with Crippen LogP contribution in [0.2, 0.25) is 0 Å². The van der Waals surface area contributed by atoms with Gasteiger partial charge >= 0.3 is 0 Å². The second-order valence-corrected chi connectivity index (χ2v) is 11.0. The van der Waals surface area contributed by atoms with Crippen LogP contribution in [0.1, 0.15) is 25.7 Å². The second kappa shape index (κ2) is 16.1. The van der Waals surface area contributed by atoms with Gasteiger partial charge in [0.1, 0.15) is 42.7 Å². The molecule has 0 spiro atoms. The largest absolute Gasteiger partial charge is 0.394 e. The summed E-state index contributed by atoms with van der Waals surface area (Å²) in [6, 6.07) is -3.56. The third-order valence-electron chi connectivity index (χ3n) is 7.82. The lowest BCUT2D eigenvalue weighted by Gasteiger charge is -2.48. The first-order valence-electron chi connectivity index (χ1n) is 14.1. The van der Waals surface area contributed by atoms with Crippen LogP contribution >= 0.6 is 0 Å². The molecule has 0 aromatic rings. The van der Waals surface area contributed by atoms with Crippen molar-refractivity contribution >= 4 is 5.91 Å². The number of hydrogen-bond acceptors (Lipinski definition) is 16. The second-order valence-electron chi connectivity index (χ2n) is 11.0. The van der Waals surface area contributed by atoms with Crippen LogP contribution in [-0.2, 0) is 23.7 Å². The molecule has 0 aromatic carbocycles. The van der Waals surface area contributed by atoms with Crippen LogP contribution in [0.15, 0.2) is 0 Å². The third kappa shape index (κ3) is 8.71. The first kappa shape index (κ1) is 34.4. The van der Waals surface area contributed by atoms with Gasteiger partial charge in [-0.2, -0.15) is 0 Å². The molecule has 14 atom stereocenters. The van der Waals surface area contributed by atoms with Gasteiger partial charge in [-0.05, 0) is 38.8 Å². The molecule has 1 unspecified atom stereocenters. The molecule has 2 saturated heterocycles. The number of carbonyl (C=O) groups is 1. The summed E-state index contributed by atoms with van der Waals surface area (Å²) in [6.07, 6.45) is -9.99. The molecule has 3 rings (SSSR count). The van der Waals surface area contributed by atoms with Gasteiger partial charge in [-0.25, -0.2) is 0 Å². The van der Waals surface area contributed by atoms with Gasteiger partial charge in [0.25, 0.3) is 0 Å². The number of aliphatic hydroxyl groups is 5. The highest BCUT2D eigenvalue weighted by Crippen LogP contribution is 2.31. The molecule has 3 aliphatic rings. The fraction of sp³-hybridized carbons (Fsp3) is 0.958. The Labute approximate surface area is 239 Å². The minimum absolute atomic E-state index is 0.0162. The number of rotatable bonds is 13. The maximum Gasteiger partial charge on any atom is 0.250 e. The zero-order valence-corrected chi connectivity index (χ0v) is 23.1. The molecule has 2 heterocycles. The minimum atomic E-state index is -1.55. The molecule has 240 valence electrons. The van der Waals surface area contributed by atoms with E-state index in [2.05, 4.69) is 10.6 Å². The summed E-state index contributed by atoms with van der Waals surface area (Å²) in [5.41, 5.74) is 29.5. The van der Waals surface area contributed by atoms with Crippen molar-refractivity contribution in [1.29, 1.82) is 0 Å². The van der Waals surface area contributed by atoms with Gasteiger partial charge in [0.05, 0.1) is 30.8 Å². The van der Waals surface area contributed by atoms with E-state index >= 15 is 0 Å². The van der Waals surface area contributed by atoms with Crippen LogP contribution in [-0.4, -0.2) is 150 Å². The molecule has 0 radical (unpaired) electrons. The Morgan fingerprint density at radius 2 is 1.66 bits per heavy atom. The van der Waals surface area contributed by atoms with E-state index in [1.807, 2.05) is 0 Å². The first-order valence-corrected chi connectivity index (χ1v) is 14.1. The lowest BCUT2D eigenvalue weighted by atomic mass is 9.83. The van der Waals surface area contributed by atoms with Gasteiger partial charge in [-0.15, -0.1) is 0 Å². The van der Waals surface area contributed by atoms with Gasteiger partial charge in [-0.3, -0.25) is 4.79 Å². The quantitative estimate of drug-likeness (QED) is 0.0880. The molecule has 17 N–H and O–H groups in total. The van der Waals surface area contributed by atoms with Crippen molar-refractivity contribution in [3.63, 3.8) is 0 Å². The van der Waals surface area contributed by atoms with E-state index in [1.54, 1.807) is 0 Å². The zero-order chi connectivity index (χ0) is 30.3. The van der Waals surface area contributed by atoms with E-state index in [4.69, 9.17) is 47.6 Å². The molecule has 0 aromatic heterocycles. The molecule has 1 aliphatic carbocycles. The molecule has 1 saturated carbocycles. The van der Waals surface area contributed by atoms with Crippen molar-refractivity contribution in [3.8, 4) is 0 Å². The summed E-state index contributed by atoms with van der Waals surface area (Å²) in [5, 5.41) is 57.6. The van der Waals surface area contributed by atoms with E-state index in [9.17, 15) is 30.3 Å². The molecule has 0 bridgehead atoms. The summed E-state index contributed by atoms with van der Waals surface area (Å²) in [4.78, 5) is 12.5. The van der Waals surface area contributed by atoms with Crippen LogP contribution < -0.4 is 39.3 Å². The van der Waals surface area contributed by atoms with Crippen LogP contribution in [0, 0.1) is 0 Å². The highest BCUT2D eigenvalue weighted by molar-refractivity contribution is 5.81. The van der Waals surface area contributed by atoms with E-state index in [0.29, 0.717) is 25.9 Å². The maximum atomic E-state index is 12.5. The summed E-state index contributed by atoms with van der Waals surface area (Å²) >= 11 is 0. The SMILES string of the molecule is NCCCNC[C@@H]1CC[C@@H](N)[C@@H](OC2[C@@H](N)C[C@@H](NC(=O)[C@@H](O)CN)[C@H](O[C@H]3O[C@H](CO)[C@@H](O)[C@H](N)[C@H]3O)[C@H]2O)O1. The van der Waals surface area contributed by atoms with Crippen molar-refractivity contribution in [2.24, 2.45) is 28.7 Å². The van der Waals surface area contributed by atoms with E-state index in [-0.39, 0.29) is 19.1 Å². The fourth-order valence-corrected chi connectivity index (χ4v) is 5.31. The standard InChI is InChI=1S/C24H49N7O10/c25-4-1-5-30-8-10-2-3-11(27)23(38-10)40-20-12(28)6-13(31-22(37)14(33)7-26)21(19(20)36)41-24-18(35)16(29)17(34)15(9-32)39-24/h10-21,23-24,30,32-36H,1-9,25-29H2,(H,31,37)/t10-,11+,12-,13+,14-,15+,16-,17+,18+,19-,20?,21-,23+,24+/m0/s1. The number of ether oxygens (including phenoxy) is 4. The fourth-order valence-electron chi connectivity index (χ4n) is 5.31. The average Bonchev–Trinajstić information content (AvgIpc) is 2.96. The van der Waals surface area contributed by atoms with E-state index in [1.165, 1.54) is 0 Å². The van der Waals surface area contributed by atoms with E-state index < -0.39 is 92.0 Å². The zero-order valence-electron chi connectivity index (χ0n) is 23.1. The van der Waals surface area contributed by atoms with Gasteiger partial charge in [0.2, 0.25) is 5.91 Å². The third-order valence-corrected chi connectivity index (χ3v) is 7.82. The number of carbonyl (C=O) groups excluding carboxylic acids is 1. The Bertz CT molecular complexity index is 804. The minimum Gasteiger partial charge on any atom is -0.394 e. The molecular weight excluding hydrogens is 546 g/mol. The van der Waals surface area contributed by atoms with Crippen molar-refractivity contribution in [1.82, 2.24) is 10.6 Å². The predicted octanol–water partition coefficient (Wildman–Crippen LogP) is -6.81. The highest BCUT2D eigenvalue weighted by atomic mass is 16.7. The Morgan fingerprint density at radius 1 is 0.951 bits per heavy atom. The topological polar surface area (TPSA) is 309 Å². The number of nitrogens with two attached hydrogens (primary N) is 5. The molecule has 17 nitrogen and oxygen atoms in total. The number of hydrogen-bond donors (Lipinski definition) is 12. The summed E-state index contributed by atoms with van der Waals surface area (Å²) < 4.78 is 23.7. The predicted molar refractivity (Wildman–Crippen MR) is 143 cm³/mol. The van der Waals surface area contributed by atoms with Gasteiger partial charge in [-0.1, -0.05) is 0 Å². The van der Waals surface area contributed by atoms with Gasteiger partial charge < -0.3 is 83.8 Å². The number of amides is 1. The Kier molecular flexibility index (Phi) is 13.5. The Morgan fingerprint density at radius 3 is 2.32 bits per heavy atom. The summed E-state index contributed by atoms with van der Waals surface area (Å²) in [6.45, 7) is 0.896. The molecule has 2 aliphatic heterocycles. The van der Waals surface area contributed by atoms with Crippen LogP contribution in [0.5, 0.6) is 0 Å². The van der Waals surface area contributed by atoms with Crippen molar-refractivity contribution in [2.45, 2.75) is 111 Å². The van der Waals surface area contributed by atoms with Crippen LogP contribution in [0.4, 0.5) is 0 Å². The average molecular weight is 596 g/mol.